The van der Waals surface area contributed by atoms with Gasteiger partial charge in [0.15, 0.2) is 11.6 Å². The van der Waals surface area contributed by atoms with E-state index in [0.29, 0.717) is 11.6 Å². The molecular formula is C17H16F2O2. The molecule has 0 aliphatic rings. The van der Waals surface area contributed by atoms with E-state index in [4.69, 9.17) is 4.74 Å². The van der Waals surface area contributed by atoms with Crippen LogP contribution in [0.5, 0.6) is 5.75 Å². The van der Waals surface area contributed by atoms with Crippen LogP contribution < -0.4 is 4.74 Å². The molecule has 0 radical (unpaired) electrons. The van der Waals surface area contributed by atoms with E-state index in [1.54, 1.807) is 12.1 Å². The molecule has 0 heterocycles. The number of aryl methyl sites for hydroxylation is 1. The maximum atomic E-state index is 13.4. The summed E-state index contributed by atoms with van der Waals surface area (Å²) in [5, 5.41) is 0. The van der Waals surface area contributed by atoms with Crippen LogP contribution in [0.2, 0.25) is 0 Å². The van der Waals surface area contributed by atoms with Gasteiger partial charge in [0.2, 0.25) is 0 Å². The van der Waals surface area contributed by atoms with Gasteiger partial charge in [0.05, 0.1) is 5.56 Å². The van der Waals surface area contributed by atoms with E-state index in [0.717, 1.165) is 37.0 Å². The molecule has 0 unspecified atom stereocenters. The van der Waals surface area contributed by atoms with E-state index in [-0.39, 0.29) is 5.75 Å². The van der Waals surface area contributed by atoms with Crippen LogP contribution in [-0.4, -0.2) is 5.97 Å². The molecule has 0 bridgehead atoms. The Morgan fingerprint density at radius 2 is 1.81 bits per heavy atom. The third kappa shape index (κ3) is 4.12. The van der Waals surface area contributed by atoms with Crippen molar-refractivity contribution in [1.82, 2.24) is 0 Å². The standard InChI is InChI=1S/C17H16F2O2/c1-2-3-4-12-5-7-13(8-6-12)17(20)21-16-10-9-14(18)11-15(16)19/h5-11H,2-4H2,1H3. The fraction of sp³-hybridized carbons (Fsp3) is 0.235. The lowest BCUT2D eigenvalue weighted by Gasteiger charge is -2.06. The minimum Gasteiger partial charge on any atom is -0.420 e. The molecule has 0 aromatic heterocycles. The topological polar surface area (TPSA) is 26.3 Å². The quantitative estimate of drug-likeness (QED) is 0.597. The fourth-order valence-electron chi connectivity index (χ4n) is 1.91. The molecule has 110 valence electrons. The van der Waals surface area contributed by atoms with Gasteiger partial charge >= 0.3 is 5.97 Å². The largest absolute Gasteiger partial charge is 0.420 e. The Balaban J connectivity index is 2.06. The normalized spacial score (nSPS) is 10.4. The highest BCUT2D eigenvalue weighted by atomic mass is 19.1. The Morgan fingerprint density at radius 3 is 2.43 bits per heavy atom. The van der Waals surface area contributed by atoms with Crippen LogP contribution in [0, 0.1) is 11.6 Å². The van der Waals surface area contributed by atoms with Gasteiger partial charge in [0.1, 0.15) is 5.82 Å². The molecule has 0 spiro atoms. The Hall–Kier alpha value is -2.23. The summed E-state index contributed by atoms with van der Waals surface area (Å²) >= 11 is 0. The molecule has 0 saturated heterocycles. The highest BCUT2D eigenvalue weighted by Crippen LogP contribution is 2.19. The van der Waals surface area contributed by atoms with Crippen molar-refractivity contribution in [1.29, 1.82) is 0 Å². The van der Waals surface area contributed by atoms with Crippen LogP contribution >= 0.6 is 0 Å². The van der Waals surface area contributed by atoms with Crippen molar-refractivity contribution in [3.8, 4) is 5.75 Å². The van der Waals surface area contributed by atoms with E-state index in [2.05, 4.69) is 6.92 Å². The number of carbonyl (C=O) groups is 1. The van der Waals surface area contributed by atoms with E-state index >= 15 is 0 Å². The zero-order valence-electron chi connectivity index (χ0n) is 11.7. The van der Waals surface area contributed by atoms with Gasteiger partial charge in [-0.2, -0.15) is 0 Å². The van der Waals surface area contributed by atoms with Crippen molar-refractivity contribution in [2.45, 2.75) is 26.2 Å². The molecule has 0 aliphatic heterocycles. The highest BCUT2D eigenvalue weighted by Gasteiger charge is 2.12. The summed E-state index contributed by atoms with van der Waals surface area (Å²) in [6, 6.07) is 9.82. The first-order chi connectivity index (χ1) is 10.1. The Kier molecular flexibility index (Phi) is 5.04. The number of unbranched alkanes of at least 4 members (excludes halogenated alkanes) is 1. The van der Waals surface area contributed by atoms with Crippen molar-refractivity contribution in [3.05, 3.63) is 65.2 Å². The molecule has 0 N–H and O–H groups in total. The van der Waals surface area contributed by atoms with Gasteiger partial charge in [-0.1, -0.05) is 25.5 Å². The lowest BCUT2D eigenvalue weighted by molar-refractivity contribution is 0.0727. The predicted molar refractivity (Wildman–Crippen MR) is 76.4 cm³/mol. The molecule has 2 aromatic rings. The van der Waals surface area contributed by atoms with Gasteiger partial charge < -0.3 is 4.74 Å². The van der Waals surface area contributed by atoms with E-state index in [9.17, 15) is 13.6 Å². The van der Waals surface area contributed by atoms with Crippen molar-refractivity contribution in [2.24, 2.45) is 0 Å². The first-order valence-corrected chi connectivity index (χ1v) is 6.86. The third-order valence-electron chi connectivity index (χ3n) is 3.11. The fourth-order valence-corrected chi connectivity index (χ4v) is 1.91. The molecule has 0 aliphatic carbocycles. The van der Waals surface area contributed by atoms with Gasteiger partial charge in [-0.15, -0.1) is 0 Å². The smallest absolute Gasteiger partial charge is 0.343 e. The average molecular weight is 290 g/mol. The van der Waals surface area contributed by atoms with Gasteiger partial charge in [0, 0.05) is 6.07 Å². The molecule has 2 rings (SSSR count). The van der Waals surface area contributed by atoms with Crippen molar-refractivity contribution in [3.63, 3.8) is 0 Å². The molecule has 0 fully saturated rings. The lowest BCUT2D eigenvalue weighted by Crippen LogP contribution is -2.09. The molecule has 0 atom stereocenters. The lowest BCUT2D eigenvalue weighted by atomic mass is 10.1. The maximum Gasteiger partial charge on any atom is 0.343 e. The summed E-state index contributed by atoms with van der Waals surface area (Å²) in [5.41, 5.74) is 1.47. The maximum absolute atomic E-state index is 13.4. The van der Waals surface area contributed by atoms with E-state index in [1.807, 2.05) is 12.1 Å². The number of carbonyl (C=O) groups excluding carboxylic acids is 1. The van der Waals surface area contributed by atoms with Crippen molar-refractivity contribution >= 4 is 5.97 Å². The molecule has 0 saturated carbocycles. The van der Waals surface area contributed by atoms with Crippen molar-refractivity contribution < 1.29 is 18.3 Å². The van der Waals surface area contributed by atoms with E-state index in [1.165, 1.54) is 0 Å². The van der Waals surface area contributed by atoms with Gasteiger partial charge in [-0.05, 0) is 42.7 Å². The molecule has 2 aromatic carbocycles. The van der Waals surface area contributed by atoms with E-state index < -0.39 is 17.6 Å². The monoisotopic (exact) mass is 290 g/mol. The molecule has 0 amide bonds. The number of esters is 1. The minimum atomic E-state index is -0.900. The Bertz CT molecular complexity index is 621. The highest BCUT2D eigenvalue weighted by molar-refractivity contribution is 5.91. The predicted octanol–water partition coefficient (Wildman–Crippen LogP) is 4.53. The van der Waals surface area contributed by atoms with Gasteiger partial charge in [0.25, 0.3) is 0 Å². The van der Waals surface area contributed by atoms with Gasteiger partial charge in [-0.25, -0.2) is 13.6 Å². The second-order valence-electron chi connectivity index (χ2n) is 4.76. The summed E-state index contributed by atoms with van der Waals surface area (Å²) in [6.07, 6.45) is 3.15. The summed E-state index contributed by atoms with van der Waals surface area (Å²) in [4.78, 5) is 11.9. The number of halogens is 2. The first-order valence-electron chi connectivity index (χ1n) is 6.86. The van der Waals surface area contributed by atoms with Crippen LogP contribution in [0.25, 0.3) is 0 Å². The van der Waals surface area contributed by atoms with Crippen LogP contribution in [0.1, 0.15) is 35.7 Å². The Labute approximate surface area is 122 Å². The Morgan fingerprint density at radius 1 is 1.10 bits per heavy atom. The second-order valence-corrected chi connectivity index (χ2v) is 4.76. The van der Waals surface area contributed by atoms with Crippen molar-refractivity contribution in [2.75, 3.05) is 0 Å². The number of ether oxygens (including phenoxy) is 1. The SMILES string of the molecule is CCCCc1ccc(C(=O)Oc2ccc(F)cc2F)cc1. The minimum absolute atomic E-state index is 0.281. The number of benzene rings is 2. The van der Waals surface area contributed by atoms with Crippen LogP contribution in [-0.2, 0) is 6.42 Å². The van der Waals surface area contributed by atoms with Crippen LogP contribution in [0.3, 0.4) is 0 Å². The molecule has 2 nitrogen and oxygen atoms in total. The van der Waals surface area contributed by atoms with Crippen LogP contribution in [0.4, 0.5) is 8.78 Å². The van der Waals surface area contributed by atoms with Crippen LogP contribution in [0.15, 0.2) is 42.5 Å². The first kappa shape index (κ1) is 15.2. The zero-order chi connectivity index (χ0) is 15.2. The average Bonchev–Trinajstić information content (AvgIpc) is 2.48. The third-order valence-corrected chi connectivity index (χ3v) is 3.11. The summed E-state index contributed by atoms with van der Waals surface area (Å²) in [7, 11) is 0. The molecule has 4 heteroatoms. The van der Waals surface area contributed by atoms with Gasteiger partial charge in [-0.3, -0.25) is 0 Å². The molecule has 21 heavy (non-hydrogen) atoms. The zero-order valence-corrected chi connectivity index (χ0v) is 11.7. The second kappa shape index (κ2) is 6.97. The summed E-state index contributed by atoms with van der Waals surface area (Å²) in [5.74, 6) is -2.56. The molecular weight excluding hydrogens is 274 g/mol. The number of hydrogen-bond donors (Lipinski definition) is 0. The summed E-state index contributed by atoms with van der Waals surface area (Å²) in [6.45, 7) is 2.11. The number of hydrogen-bond acceptors (Lipinski definition) is 2. The summed E-state index contributed by atoms with van der Waals surface area (Å²) < 4.78 is 31.1. The number of rotatable bonds is 5.